The topological polar surface area (TPSA) is 38.3 Å². The molecular weight excluding hydrogens is 310 g/mol. The van der Waals surface area contributed by atoms with E-state index in [0.717, 1.165) is 6.07 Å². The molecule has 94 valence electrons. The van der Waals surface area contributed by atoms with E-state index in [9.17, 15) is 22.4 Å². The van der Waals surface area contributed by atoms with E-state index >= 15 is 0 Å². The van der Waals surface area contributed by atoms with Crippen LogP contribution in [-0.4, -0.2) is 18.9 Å². The van der Waals surface area contributed by atoms with E-state index in [1.165, 1.54) is 12.1 Å². The standard InChI is InChI=1S/C9H6BrF4NO2/c10-5-2-1-3-6(11)7(5)15-8(16)17-4-9(12,13)14/h1-3H,4H2,(H,15,16). The van der Waals surface area contributed by atoms with Gasteiger partial charge in [-0.3, -0.25) is 5.32 Å². The van der Waals surface area contributed by atoms with Crippen molar-refractivity contribution in [2.24, 2.45) is 0 Å². The average molecular weight is 316 g/mol. The fourth-order valence-electron chi connectivity index (χ4n) is 0.903. The second-order valence-electron chi connectivity index (χ2n) is 2.91. The summed E-state index contributed by atoms with van der Waals surface area (Å²) in [7, 11) is 0. The van der Waals surface area contributed by atoms with Gasteiger partial charge in [-0.25, -0.2) is 9.18 Å². The van der Waals surface area contributed by atoms with E-state index in [1.54, 1.807) is 0 Å². The van der Waals surface area contributed by atoms with Crippen LogP contribution in [0.3, 0.4) is 0 Å². The molecular formula is C9H6BrF4NO2. The molecule has 3 nitrogen and oxygen atoms in total. The highest BCUT2D eigenvalue weighted by molar-refractivity contribution is 9.10. The summed E-state index contributed by atoms with van der Waals surface area (Å²) in [6.45, 7) is -1.73. The fourth-order valence-corrected chi connectivity index (χ4v) is 1.34. The van der Waals surface area contributed by atoms with Crippen LogP contribution in [0.4, 0.5) is 28.0 Å². The number of carbonyl (C=O) groups is 1. The number of ether oxygens (including phenoxy) is 1. The molecule has 8 heteroatoms. The Kier molecular flexibility index (Phi) is 4.33. The second-order valence-corrected chi connectivity index (χ2v) is 3.77. The van der Waals surface area contributed by atoms with Gasteiger partial charge in [-0.2, -0.15) is 13.2 Å². The molecule has 1 aromatic carbocycles. The van der Waals surface area contributed by atoms with Gasteiger partial charge in [-0.15, -0.1) is 0 Å². The molecule has 0 spiro atoms. The number of hydrogen-bond acceptors (Lipinski definition) is 2. The van der Waals surface area contributed by atoms with Crippen LogP contribution >= 0.6 is 15.9 Å². The summed E-state index contributed by atoms with van der Waals surface area (Å²) in [6.07, 6.45) is -6.00. The molecule has 0 heterocycles. The van der Waals surface area contributed by atoms with Crippen molar-refractivity contribution in [1.82, 2.24) is 0 Å². The molecule has 0 fully saturated rings. The third-order valence-electron chi connectivity index (χ3n) is 1.56. The Hall–Kier alpha value is -1.31. The maximum atomic E-state index is 13.2. The van der Waals surface area contributed by atoms with Crippen molar-refractivity contribution >= 4 is 27.7 Å². The predicted molar refractivity (Wildman–Crippen MR) is 55.1 cm³/mol. The summed E-state index contributed by atoms with van der Waals surface area (Å²) in [5, 5.41) is 1.87. The predicted octanol–water partition coefficient (Wildman–Crippen LogP) is 3.70. The minimum absolute atomic E-state index is 0.196. The number of anilines is 1. The number of carbonyl (C=O) groups excluding carboxylic acids is 1. The lowest BCUT2D eigenvalue weighted by Crippen LogP contribution is -2.23. The summed E-state index contributed by atoms with van der Waals surface area (Å²) >= 11 is 2.93. The van der Waals surface area contributed by atoms with Gasteiger partial charge in [-0.1, -0.05) is 6.07 Å². The summed E-state index contributed by atoms with van der Waals surface area (Å²) in [4.78, 5) is 10.9. The minimum Gasteiger partial charge on any atom is -0.440 e. The van der Waals surface area contributed by atoms with Crippen LogP contribution in [0.2, 0.25) is 0 Å². The molecule has 1 amide bonds. The molecule has 1 aromatic rings. The molecule has 0 aromatic heterocycles. The van der Waals surface area contributed by atoms with Gasteiger partial charge >= 0.3 is 12.3 Å². The molecule has 0 aliphatic carbocycles. The third-order valence-corrected chi connectivity index (χ3v) is 2.22. The molecule has 0 atom stereocenters. The number of halogens is 5. The van der Waals surface area contributed by atoms with Crippen molar-refractivity contribution in [2.75, 3.05) is 11.9 Å². The van der Waals surface area contributed by atoms with Crippen molar-refractivity contribution in [3.8, 4) is 0 Å². The van der Waals surface area contributed by atoms with E-state index in [-0.39, 0.29) is 10.2 Å². The number of alkyl halides is 3. The largest absolute Gasteiger partial charge is 0.440 e. The van der Waals surface area contributed by atoms with E-state index < -0.39 is 24.7 Å². The third kappa shape index (κ3) is 4.59. The van der Waals surface area contributed by atoms with Crippen molar-refractivity contribution in [3.05, 3.63) is 28.5 Å². The second kappa shape index (κ2) is 5.35. The molecule has 0 aliphatic heterocycles. The summed E-state index contributed by atoms with van der Waals surface area (Å²) in [5.41, 5.74) is -0.278. The fraction of sp³-hybridized carbons (Fsp3) is 0.222. The van der Waals surface area contributed by atoms with Gasteiger partial charge in [0.15, 0.2) is 6.61 Å². The Morgan fingerprint density at radius 3 is 2.59 bits per heavy atom. The van der Waals surface area contributed by atoms with Gasteiger partial charge in [0.2, 0.25) is 0 Å². The first-order chi connectivity index (χ1) is 7.79. The maximum absolute atomic E-state index is 13.2. The van der Waals surface area contributed by atoms with Crippen LogP contribution in [0.15, 0.2) is 22.7 Å². The first-order valence-electron chi connectivity index (χ1n) is 4.24. The van der Waals surface area contributed by atoms with Gasteiger partial charge in [0.25, 0.3) is 0 Å². The van der Waals surface area contributed by atoms with E-state index in [2.05, 4.69) is 20.7 Å². The quantitative estimate of drug-likeness (QED) is 0.845. The highest BCUT2D eigenvalue weighted by Gasteiger charge is 2.29. The van der Waals surface area contributed by atoms with Crippen LogP contribution < -0.4 is 5.32 Å². The number of para-hydroxylation sites is 1. The lowest BCUT2D eigenvalue weighted by atomic mass is 10.3. The lowest BCUT2D eigenvalue weighted by Gasteiger charge is -2.10. The molecule has 0 unspecified atom stereocenters. The number of nitrogens with one attached hydrogen (secondary N) is 1. The van der Waals surface area contributed by atoms with E-state index in [4.69, 9.17) is 0 Å². The zero-order chi connectivity index (χ0) is 13.1. The Labute approximate surface area is 102 Å². The van der Waals surface area contributed by atoms with Crippen molar-refractivity contribution in [2.45, 2.75) is 6.18 Å². The monoisotopic (exact) mass is 315 g/mol. The number of hydrogen-bond donors (Lipinski definition) is 1. The van der Waals surface area contributed by atoms with Crippen LogP contribution in [0.25, 0.3) is 0 Å². The van der Waals surface area contributed by atoms with E-state index in [1.807, 2.05) is 5.32 Å². The van der Waals surface area contributed by atoms with Crippen LogP contribution in [-0.2, 0) is 4.74 Å². The summed E-state index contributed by atoms with van der Waals surface area (Å²) in [5.74, 6) is -0.789. The smallest absolute Gasteiger partial charge is 0.422 e. The molecule has 0 aliphatic rings. The average Bonchev–Trinajstić information content (AvgIpc) is 2.20. The Morgan fingerprint density at radius 2 is 2.06 bits per heavy atom. The summed E-state index contributed by atoms with van der Waals surface area (Å²) < 4.78 is 52.4. The highest BCUT2D eigenvalue weighted by Crippen LogP contribution is 2.25. The summed E-state index contributed by atoms with van der Waals surface area (Å²) in [6, 6.07) is 3.83. The van der Waals surface area contributed by atoms with Crippen LogP contribution in [0.1, 0.15) is 0 Å². The Bertz CT molecular complexity index is 402. The SMILES string of the molecule is O=C(Nc1c(F)cccc1Br)OCC(F)(F)F. The molecule has 0 radical (unpaired) electrons. The molecule has 1 rings (SSSR count). The number of rotatable bonds is 2. The van der Waals surface area contributed by atoms with Crippen molar-refractivity contribution in [1.29, 1.82) is 0 Å². The zero-order valence-electron chi connectivity index (χ0n) is 8.15. The highest BCUT2D eigenvalue weighted by atomic mass is 79.9. The first kappa shape index (κ1) is 13.8. The molecule has 0 bridgehead atoms. The maximum Gasteiger partial charge on any atom is 0.422 e. The number of amides is 1. The molecule has 0 saturated carbocycles. The first-order valence-corrected chi connectivity index (χ1v) is 5.03. The molecule has 1 N–H and O–H groups in total. The van der Waals surface area contributed by atoms with Gasteiger partial charge in [0.05, 0.1) is 5.69 Å². The molecule has 17 heavy (non-hydrogen) atoms. The molecule has 0 saturated heterocycles. The van der Waals surface area contributed by atoms with Crippen molar-refractivity contribution in [3.63, 3.8) is 0 Å². The van der Waals surface area contributed by atoms with Gasteiger partial charge in [0, 0.05) is 4.47 Å². The van der Waals surface area contributed by atoms with Gasteiger partial charge in [-0.05, 0) is 28.1 Å². The van der Waals surface area contributed by atoms with Gasteiger partial charge in [0.1, 0.15) is 5.82 Å². The zero-order valence-corrected chi connectivity index (χ0v) is 9.73. The Balaban J connectivity index is 2.63. The van der Waals surface area contributed by atoms with E-state index in [0.29, 0.717) is 0 Å². The Morgan fingerprint density at radius 1 is 1.41 bits per heavy atom. The van der Waals surface area contributed by atoms with Crippen molar-refractivity contribution < 1.29 is 27.1 Å². The van der Waals surface area contributed by atoms with Gasteiger partial charge < -0.3 is 4.74 Å². The lowest BCUT2D eigenvalue weighted by molar-refractivity contribution is -0.159. The van der Waals surface area contributed by atoms with Crippen LogP contribution in [0.5, 0.6) is 0 Å². The normalized spacial score (nSPS) is 11.1. The number of benzene rings is 1. The van der Waals surface area contributed by atoms with Crippen LogP contribution in [0, 0.1) is 5.82 Å². The minimum atomic E-state index is -4.62.